The van der Waals surface area contributed by atoms with E-state index < -0.39 is 23.5 Å². The summed E-state index contributed by atoms with van der Waals surface area (Å²) in [5.41, 5.74) is 0.967. The molecule has 33 heavy (non-hydrogen) atoms. The summed E-state index contributed by atoms with van der Waals surface area (Å²) in [6, 6.07) is 2.55. The first-order chi connectivity index (χ1) is 15.8. The Labute approximate surface area is 205 Å². The second kappa shape index (κ2) is 9.54. The van der Waals surface area contributed by atoms with E-state index in [1.807, 2.05) is 18.4 Å². The average molecular weight is 512 g/mol. The molecule has 2 unspecified atom stereocenters. The number of aliphatic hydroxyl groups excluding tert-OH is 1. The fourth-order valence-electron chi connectivity index (χ4n) is 4.30. The number of Topliss-reactive ketones (excluding diaryl/α,β-unsaturated/α-hetero) is 1. The molecule has 0 spiro atoms. The molecule has 0 bridgehead atoms. The number of ketones is 1. The zero-order valence-corrected chi connectivity index (χ0v) is 20.6. The Hall–Kier alpha value is -2.26. The maximum absolute atomic E-state index is 13.2. The van der Waals surface area contributed by atoms with Crippen molar-refractivity contribution in [3.63, 3.8) is 0 Å². The summed E-state index contributed by atoms with van der Waals surface area (Å²) in [6.07, 6.45) is 1.54. The van der Waals surface area contributed by atoms with Crippen LogP contribution in [0.2, 0.25) is 10.0 Å². The molecule has 2 aromatic rings. The van der Waals surface area contributed by atoms with Gasteiger partial charge in [0.25, 0.3) is 11.7 Å². The number of likely N-dealkylation sites (tertiary alicyclic amines) is 1. The summed E-state index contributed by atoms with van der Waals surface area (Å²) < 4.78 is 16.3. The van der Waals surface area contributed by atoms with Gasteiger partial charge in [-0.2, -0.15) is 0 Å². The fraction of sp³-hybridized carbons (Fsp3) is 0.391. The molecule has 0 aliphatic carbocycles. The smallest absolute Gasteiger partial charge is 0.295 e. The Morgan fingerprint density at radius 2 is 2.00 bits per heavy atom. The molecular formula is C23H23Cl2NO6S. The number of aliphatic hydroxyl groups is 1. The Bertz CT molecular complexity index is 1140. The third kappa shape index (κ3) is 4.10. The van der Waals surface area contributed by atoms with E-state index in [0.29, 0.717) is 6.61 Å². The van der Waals surface area contributed by atoms with E-state index in [-0.39, 0.29) is 45.3 Å². The van der Waals surface area contributed by atoms with E-state index in [9.17, 15) is 14.7 Å². The van der Waals surface area contributed by atoms with Crippen molar-refractivity contribution in [2.24, 2.45) is 0 Å². The lowest BCUT2D eigenvalue weighted by Crippen LogP contribution is -2.36. The molecule has 1 aromatic heterocycles. The zero-order valence-electron chi connectivity index (χ0n) is 18.3. The van der Waals surface area contributed by atoms with Gasteiger partial charge >= 0.3 is 0 Å². The van der Waals surface area contributed by atoms with Crippen LogP contribution in [0.3, 0.4) is 0 Å². The molecule has 2 atom stereocenters. The molecular weight excluding hydrogens is 489 g/mol. The summed E-state index contributed by atoms with van der Waals surface area (Å²) >= 11 is 14.1. The SMILES string of the molecule is COc1c(Cl)cc(/C(O)=C2\C(=O)C(=O)N(CC3CCCO3)C2c2sccc2C)c(OC)c1Cl. The molecule has 0 radical (unpaired) electrons. The van der Waals surface area contributed by atoms with Crippen LogP contribution in [-0.2, 0) is 14.3 Å². The number of hydrogen-bond acceptors (Lipinski definition) is 7. The number of hydrogen-bond donors (Lipinski definition) is 1. The van der Waals surface area contributed by atoms with Crippen molar-refractivity contribution in [1.82, 2.24) is 4.90 Å². The van der Waals surface area contributed by atoms with Crippen molar-refractivity contribution in [1.29, 1.82) is 0 Å². The second-order valence-corrected chi connectivity index (χ2v) is 9.57. The van der Waals surface area contributed by atoms with Gasteiger partial charge in [0.05, 0.1) is 42.5 Å². The summed E-state index contributed by atoms with van der Waals surface area (Å²) in [7, 11) is 2.78. The third-order valence-electron chi connectivity index (χ3n) is 5.91. The molecule has 2 aliphatic heterocycles. The van der Waals surface area contributed by atoms with Crippen LogP contribution in [0.15, 0.2) is 23.1 Å². The summed E-state index contributed by atoms with van der Waals surface area (Å²) in [4.78, 5) is 28.6. The average Bonchev–Trinajstić information content (AvgIpc) is 3.50. The van der Waals surface area contributed by atoms with Crippen molar-refractivity contribution in [2.45, 2.75) is 31.9 Å². The van der Waals surface area contributed by atoms with Gasteiger partial charge < -0.3 is 24.2 Å². The van der Waals surface area contributed by atoms with Crippen LogP contribution in [0.4, 0.5) is 0 Å². The van der Waals surface area contributed by atoms with Gasteiger partial charge in [0.15, 0.2) is 11.5 Å². The third-order valence-corrected chi connectivity index (χ3v) is 7.60. The van der Waals surface area contributed by atoms with Crippen LogP contribution in [0, 0.1) is 6.92 Å². The number of ether oxygens (including phenoxy) is 3. The maximum atomic E-state index is 13.2. The molecule has 7 nitrogen and oxygen atoms in total. The van der Waals surface area contributed by atoms with Crippen LogP contribution in [0.5, 0.6) is 11.5 Å². The summed E-state index contributed by atoms with van der Waals surface area (Å²) in [5, 5.41) is 13.4. The van der Waals surface area contributed by atoms with Gasteiger partial charge in [-0.05, 0) is 42.8 Å². The minimum atomic E-state index is -0.784. The molecule has 176 valence electrons. The first kappa shape index (κ1) is 23.9. The van der Waals surface area contributed by atoms with Gasteiger partial charge in [-0.1, -0.05) is 23.2 Å². The lowest BCUT2D eigenvalue weighted by Gasteiger charge is -2.27. The van der Waals surface area contributed by atoms with Crippen LogP contribution in [0.1, 0.15) is 34.9 Å². The quantitative estimate of drug-likeness (QED) is 0.334. The number of aryl methyl sites for hydroxylation is 1. The highest BCUT2D eigenvalue weighted by Gasteiger charge is 2.48. The van der Waals surface area contributed by atoms with Crippen LogP contribution >= 0.6 is 34.5 Å². The lowest BCUT2D eigenvalue weighted by molar-refractivity contribution is -0.140. The zero-order chi connectivity index (χ0) is 23.9. The Morgan fingerprint density at radius 1 is 1.27 bits per heavy atom. The van der Waals surface area contributed by atoms with E-state index in [1.54, 1.807) is 0 Å². The maximum Gasteiger partial charge on any atom is 0.295 e. The van der Waals surface area contributed by atoms with Gasteiger partial charge in [0, 0.05) is 18.0 Å². The molecule has 10 heteroatoms. The Balaban J connectivity index is 1.91. The van der Waals surface area contributed by atoms with Crippen molar-refractivity contribution in [2.75, 3.05) is 27.4 Å². The molecule has 0 saturated carbocycles. The summed E-state index contributed by atoms with van der Waals surface area (Å²) in [6.45, 7) is 2.78. The minimum Gasteiger partial charge on any atom is -0.507 e. The highest BCUT2D eigenvalue weighted by Crippen LogP contribution is 2.48. The van der Waals surface area contributed by atoms with Gasteiger partial charge in [-0.25, -0.2) is 0 Å². The lowest BCUT2D eigenvalue weighted by atomic mass is 9.97. The first-order valence-electron chi connectivity index (χ1n) is 10.3. The van der Waals surface area contributed by atoms with Crippen molar-refractivity contribution in [3.8, 4) is 11.5 Å². The highest BCUT2D eigenvalue weighted by atomic mass is 35.5. The van der Waals surface area contributed by atoms with Crippen LogP contribution < -0.4 is 9.47 Å². The van der Waals surface area contributed by atoms with Gasteiger partial charge in [-0.15, -0.1) is 11.3 Å². The van der Waals surface area contributed by atoms with Gasteiger partial charge in [-0.3, -0.25) is 9.59 Å². The van der Waals surface area contributed by atoms with E-state index in [4.69, 9.17) is 37.4 Å². The number of carbonyl (C=O) groups excluding carboxylic acids is 2. The monoisotopic (exact) mass is 511 g/mol. The van der Waals surface area contributed by atoms with Crippen molar-refractivity contribution < 1.29 is 28.9 Å². The molecule has 3 heterocycles. The molecule has 1 N–H and O–H groups in total. The molecule has 1 aromatic carbocycles. The molecule has 2 saturated heterocycles. The van der Waals surface area contributed by atoms with Gasteiger partial charge in [0.2, 0.25) is 0 Å². The number of carbonyl (C=O) groups is 2. The standard InChI is InChI=1S/C23H23Cl2NO6S/c1-11-6-8-33-22(11)17-15(19(28)23(29)26(17)10-12-5-4-7-32-12)18(27)13-9-14(24)21(31-3)16(25)20(13)30-2/h6,8-9,12,17,27H,4-5,7,10H2,1-3H3/b18-15+. The van der Waals surface area contributed by atoms with E-state index in [0.717, 1.165) is 23.3 Å². The molecule has 1 amide bonds. The van der Waals surface area contributed by atoms with E-state index >= 15 is 0 Å². The number of thiophene rings is 1. The second-order valence-electron chi connectivity index (χ2n) is 7.84. The number of amides is 1. The number of halogens is 2. The Morgan fingerprint density at radius 3 is 2.58 bits per heavy atom. The molecule has 2 fully saturated rings. The highest BCUT2D eigenvalue weighted by molar-refractivity contribution is 7.10. The van der Waals surface area contributed by atoms with Crippen LogP contribution in [0.25, 0.3) is 5.76 Å². The van der Waals surface area contributed by atoms with E-state index in [2.05, 4.69) is 0 Å². The number of rotatable bonds is 6. The molecule has 4 rings (SSSR count). The number of methoxy groups -OCH3 is 2. The normalized spacial score (nSPS) is 22.3. The topological polar surface area (TPSA) is 85.3 Å². The largest absolute Gasteiger partial charge is 0.507 e. The van der Waals surface area contributed by atoms with Crippen LogP contribution in [-0.4, -0.2) is 55.2 Å². The summed E-state index contributed by atoms with van der Waals surface area (Å²) in [5.74, 6) is -1.62. The van der Waals surface area contributed by atoms with Crippen molar-refractivity contribution in [3.05, 3.63) is 49.1 Å². The fourth-order valence-corrected chi connectivity index (χ4v) is 6.04. The van der Waals surface area contributed by atoms with Crippen molar-refractivity contribution >= 4 is 52.0 Å². The predicted octanol–water partition coefficient (Wildman–Crippen LogP) is 4.98. The first-order valence-corrected chi connectivity index (χ1v) is 12.0. The number of nitrogens with zero attached hydrogens (tertiary/aromatic N) is 1. The minimum absolute atomic E-state index is 0.0425. The van der Waals surface area contributed by atoms with E-state index in [1.165, 1.54) is 36.5 Å². The molecule has 2 aliphatic rings. The predicted molar refractivity (Wildman–Crippen MR) is 127 cm³/mol. The van der Waals surface area contributed by atoms with Gasteiger partial charge in [0.1, 0.15) is 10.8 Å². The number of benzene rings is 1. The Kier molecular flexibility index (Phi) is 6.91.